The first-order valence-corrected chi connectivity index (χ1v) is 6.93. The van der Waals surface area contributed by atoms with E-state index in [9.17, 15) is 4.79 Å². The zero-order valence-corrected chi connectivity index (χ0v) is 11.5. The normalized spacial score (nSPS) is 17.7. The predicted molar refractivity (Wildman–Crippen MR) is 73.4 cm³/mol. The van der Waals surface area contributed by atoms with E-state index in [0.717, 1.165) is 39.0 Å². The van der Waals surface area contributed by atoms with Crippen LogP contribution in [-0.2, 0) is 17.9 Å². The molecule has 2 rings (SSSR count). The maximum absolute atomic E-state index is 10.9. The Kier molecular flexibility index (Phi) is 4.93. The van der Waals surface area contributed by atoms with E-state index in [1.807, 2.05) is 10.9 Å². The summed E-state index contributed by atoms with van der Waals surface area (Å²) in [5.74, 6) is -0.238. The van der Waals surface area contributed by atoms with E-state index < -0.39 is 0 Å². The Morgan fingerprint density at radius 2 is 2.26 bits per heavy atom. The molecule has 1 aromatic rings. The van der Waals surface area contributed by atoms with Crippen LogP contribution in [0.1, 0.15) is 25.5 Å². The molecule has 6 nitrogen and oxygen atoms in total. The highest BCUT2D eigenvalue weighted by Crippen LogP contribution is 2.10. The van der Waals surface area contributed by atoms with Crippen molar-refractivity contribution in [3.8, 4) is 0 Å². The first kappa shape index (κ1) is 14.0. The first-order chi connectivity index (χ1) is 9.19. The smallest absolute Gasteiger partial charge is 0.231 e. The van der Waals surface area contributed by atoms with E-state index in [-0.39, 0.29) is 5.91 Å². The minimum Gasteiger partial charge on any atom is -0.369 e. The van der Waals surface area contributed by atoms with E-state index in [2.05, 4.69) is 28.3 Å². The van der Waals surface area contributed by atoms with Crippen LogP contribution in [0, 0.1) is 0 Å². The van der Waals surface area contributed by atoms with Gasteiger partial charge in [0.05, 0.1) is 12.2 Å². The first-order valence-electron chi connectivity index (χ1n) is 6.93. The molecular formula is C13H23N5O. The van der Waals surface area contributed by atoms with Gasteiger partial charge in [-0.3, -0.25) is 14.4 Å². The number of likely N-dealkylation sites (tertiary alicyclic amines) is 1. The maximum atomic E-state index is 10.9. The number of aromatic nitrogens is 2. The van der Waals surface area contributed by atoms with Crippen LogP contribution in [-0.4, -0.2) is 46.3 Å². The lowest BCUT2D eigenvalue weighted by molar-refractivity contribution is -0.119. The molecule has 1 aliphatic heterocycles. The minimum atomic E-state index is -0.238. The molecule has 0 bridgehead atoms. The molecule has 0 aliphatic carbocycles. The lowest BCUT2D eigenvalue weighted by Gasteiger charge is -2.31. The average Bonchev–Trinajstić information content (AvgIpc) is 2.84. The van der Waals surface area contributed by atoms with Crippen molar-refractivity contribution in [2.45, 2.75) is 38.9 Å². The molecule has 1 saturated heterocycles. The van der Waals surface area contributed by atoms with Crippen LogP contribution in [0.2, 0.25) is 0 Å². The van der Waals surface area contributed by atoms with E-state index in [1.54, 1.807) is 0 Å². The zero-order valence-electron chi connectivity index (χ0n) is 11.5. The van der Waals surface area contributed by atoms with Crippen molar-refractivity contribution in [2.24, 2.45) is 5.73 Å². The fraction of sp³-hybridized carbons (Fsp3) is 0.692. The number of hydrogen-bond acceptors (Lipinski definition) is 4. The Morgan fingerprint density at radius 3 is 2.89 bits per heavy atom. The largest absolute Gasteiger partial charge is 0.369 e. The predicted octanol–water partition coefficient (Wildman–Crippen LogP) is -0.0577. The topological polar surface area (TPSA) is 76.2 Å². The number of amides is 1. The number of piperidine rings is 1. The SMILES string of the molecule is CCn1nccc1CNC1CCN(CC(N)=O)CC1. The average molecular weight is 265 g/mol. The standard InChI is InChI=1S/C13H23N5O/c1-2-18-12(3-6-16-18)9-15-11-4-7-17(8-5-11)10-13(14)19/h3,6,11,15H,2,4-5,7-10H2,1H3,(H2,14,19). The number of primary amides is 1. The summed E-state index contributed by atoms with van der Waals surface area (Å²) < 4.78 is 2.01. The number of rotatable bonds is 6. The Labute approximate surface area is 113 Å². The summed E-state index contributed by atoms with van der Waals surface area (Å²) in [5, 5.41) is 7.83. The van der Waals surface area contributed by atoms with Gasteiger partial charge in [-0.05, 0) is 25.8 Å². The summed E-state index contributed by atoms with van der Waals surface area (Å²) in [6.45, 7) is 6.12. The number of nitrogens with one attached hydrogen (secondary N) is 1. The highest BCUT2D eigenvalue weighted by Gasteiger charge is 2.19. The van der Waals surface area contributed by atoms with Gasteiger partial charge in [-0.2, -0.15) is 5.10 Å². The van der Waals surface area contributed by atoms with Crippen LogP contribution in [0.15, 0.2) is 12.3 Å². The Morgan fingerprint density at radius 1 is 1.53 bits per heavy atom. The second-order valence-corrected chi connectivity index (χ2v) is 5.04. The number of nitrogens with two attached hydrogens (primary N) is 1. The fourth-order valence-corrected chi connectivity index (χ4v) is 2.56. The van der Waals surface area contributed by atoms with Crippen LogP contribution in [0.5, 0.6) is 0 Å². The summed E-state index contributed by atoms with van der Waals surface area (Å²) in [7, 11) is 0. The van der Waals surface area contributed by atoms with Crippen molar-refractivity contribution >= 4 is 5.91 Å². The van der Waals surface area contributed by atoms with E-state index in [0.29, 0.717) is 12.6 Å². The molecule has 2 heterocycles. The van der Waals surface area contributed by atoms with Crippen molar-refractivity contribution in [3.05, 3.63) is 18.0 Å². The summed E-state index contributed by atoms with van der Waals surface area (Å²) in [4.78, 5) is 13.0. The van der Waals surface area contributed by atoms with Crippen molar-refractivity contribution in [2.75, 3.05) is 19.6 Å². The highest BCUT2D eigenvalue weighted by atomic mass is 16.1. The summed E-state index contributed by atoms with van der Waals surface area (Å²) in [5.41, 5.74) is 6.43. The molecule has 1 fully saturated rings. The number of hydrogen-bond donors (Lipinski definition) is 2. The second-order valence-electron chi connectivity index (χ2n) is 5.04. The summed E-state index contributed by atoms with van der Waals surface area (Å²) >= 11 is 0. The van der Waals surface area contributed by atoms with Gasteiger partial charge in [-0.1, -0.05) is 0 Å². The molecule has 0 radical (unpaired) electrons. The van der Waals surface area contributed by atoms with Crippen LogP contribution in [0.4, 0.5) is 0 Å². The van der Waals surface area contributed by atoms with E-state index >= 15 is 0 Å². The molecule has 0 aromatic carbocycles. The molecule has 3 N–H and O–H groups in total. The van der Waals surface area contributed by atoms with E-state index in [1.165, 1.54) is 5.69 Å². The molecule has 1 aromatic heterocycles. The van der Waals surface area contributed by atoms with Crippen LogP contribution >= 0.6 is 0 Å². The van der Waals surface area contributed by atoms with Crippen molar-refractivity contribution in [1.29, 1.82) is 0 Å². The molecule has 1 amide bonds. The van der Waals surface area contributed by atoms with Gasteiger partial charge < -0.3 is 11.1 Å². The van der Waals surface area contributed by atoms with Gasteiger partial charge in [-0.15, -0.1) is 0 Å². The zero-order chi connectivity index (χ0) is 13.7. The molecule has 106 valence electrons. The Hall–Kier alpha value is -1.40. The monoisotopic (exact) mass is 265 g/mol. The molecule has 0 saturated carbocycles. The quantitative estimate of drug-likeness (QED) is 0.755. The maximum Gasteiger partial charge on any atom is 0.231 e. The number of nitrogens with zero attached hydrogens (tertiary/aromatic N) is 3. The van der Waals surface area contributed by atoms with Crippen molar-refractivity contribution in [1.82, 2.24) is 20.0 Å². The molecule has 0 unspecified atom stereocenters. The number of aryl methyl sites for hydroxylation is 1. The Balaban J connectivity index is 1.72. The van der Waals surface area contributed by atoms with Gasteiger partial charge in [0.15, 0.2) is 0 Å². The third-order valence-electron chi connectivity index (χ3n) is 3.64. The Bertz CT molecular complexity index is 409. The minimum absolute atomic E-state index is 0.238. The van der Waals surface area contributed by atoms with E-state index in [4.69, 9.17) is 5.73 Å². The van der Waals surface area contributed by atoms with Crippen molar-refractivity contribution < 1.29 is 4.79 Å². The lowest BCUT2D eigenvalue weighted by Crippen LogP contribution is -2.45. The molecular weight excluding hydrogens is 242 g/mol. The van der Waals surface area contributed by atoms with Gasteiger partial charge in [0.2, 0.25) is 5.91 Å². The number of carbonyl (C=O) groups excluding carboxylic acids is 1. The van der Waals surface area contributed by atoms with Crippen molar-refractivity contribution in [3.63, 3.8) is 0 Å². The molecule has 19 heavy (non-hydrogen) atoms. The van der Waals surface area contributed by atoms with Gasteiger partial charge in [-0.25, -0.2) is 0 Å². The van der Waals surface area contributed by atoms with Crippen LogP contribution in [0.3, 0.4) is 0 Å². The second kappa shape index (κ2) is 6.68. The summed E-state index contributed by atoms with van der Waals surface area (Å²) in [6, 6.07) is 2.57. The highest BCUT2D eigenvalue weighted by molar-refractivity contribution is 5.75. The van der Waals surface area contributed by atoms with Crippen LogP contribution < -0.4 is 11.1 Å². The third kappa shape index (κ3) is 4.04. The van der Waals surface area contributed by atoms with Gasteiger partial charge in [0.1, 0.15) is 0 Å². The molecule has 0 atom stereocenters. The summed E-state index contributed by atoms with van der Waals surface area (Å²) in [6.07, 6.45) is 3.97. The lowest BCUT2D eigenvalue weighted by atomic mass is 10.0. The number of carbonyl (C=O) groups is 1. The third-order valence-corrected chi connectivity index (χ3v) is 3.64. The van der Waals surface area contributed by atoms with Crippen LogP contribution in [0.25, 0.3) is 0 Å². The van der Waals surface area contributed by atoms with Gasteiger partial charge >= 0.3 is 0 Å². The van der Waals surface area contributed by atoms with Gasteiger partial charge in [0.25, 0.3) is 0 Å². The fourth-order valence-electron chi connectivity index (χ4n) is 2.56. The molecule has 0 spiro atoms. The molecule has 6 heteroatoms. The van der Waals surface area contributed by atoms with Gasteiger partial charge in [0, 0.05) is 38.4 Å². The molecule has 1 aliphatic rings.